The molecule has 1 aliphatic carbocycles. The van der Waals surface area contributed by atoms with Gasteiger partial charge in [-0.05, 0) is 25.0 Å². The summed E-state index contributed by atoms with van der Waals surface area (Å²) in [6.45, 7) is 0. The summed E-state index contributed by atoms with van der Waals surface area (Å²) in [5.74, 6) is -0.129. The average Bonchev–Trinajstić information content (AvgIpc) is 3.09. The Bertz CT molecular complexity index is 1120. The van der Waals surface area contributed by atoms with Crippen LogP contribution in [0.4, 0.5) is 14.5 Å². The summed E-state index contributed by atoms with van der Waals surface area (Å²) < 4.78 is 32.8. The third-order valence-electron chi connectivity index (χ3n) is 5.06. The minimum atomic E-state index is -2.76. The highest BCUT2D eigenvalue weighted by Gasteiger charge is 2.34. The maximum atomic E-state index is 12.8. The van der Waals surface area contributed by atoms with Crippen LogP contribution in [-0.4, -0.2) is 27.4 Å². The number of nitrogens with zero attached hydrogens (tertiary/aromatic N) is 4. The molecule has 3 aromatic rings. The van der Waals surface area contributed by atoms with Crippen LogP contribution in [-0.2, 0) is 0 Å². The number of rotatable bonds is 5. The highest BCUT2D eigenvalue weighted by Crippen LogP contribution is 2.42. The van der Waals surface area contributed by atoms with Crippen LogP contribution in [0.25, 0.3) is 5.65 Å². The Labute approximate surface area is 165 Å². The van der Waals surface area contributed by atoms with E-state index in [2.05, 4.69) is 21.4 Å². The van der Waals surface area contributed by atoms with Crippen LogP contribution >= 0.6 is 0 Å². The van der Waals surface area contributed by atoms with Crippen molar-refractivity contribution in [3.05, 3.63) is 53.7 Å². The number of carbonyl (C=O) groups excluding carboxylic acids is 1. The molecule has 0 unspecified atom stereocenters. The van der Waals surface area contributed by atoms with Gasteiger partial charge in [-0.25, -0.2) is 18.7 Å². The SMILES string of the molecule is COc1cc(NC(=O)c2cccc(C(F)F)n2)cn2cc([C@H]3CC[C@@H]3C#N)nc12. The first-order valence-corrected chi connectivity index (χ1v) is 9.03. The Kier molecular flexibility index (Phi) is 4.84. The first-order chi connectivity index (χ1) is 14.0. The molecule has 1 aliphatic rings. The lowest BCUT2D eigenvalue weighted by atomic mass is 9.73. The van der Waals surface area contributed by atoms with Crippen LogP contribution in [0.15, 0.2) is 36.7 Å². The van der Waals surface area contributed by atoms with E-state index in [9.17, 15) is 18.8 Å². The Morgan fingerprint density at radius 2 is 2.17 bits per heavy atom. The van der Waals surface area contributed by atoms with Crippen LogP contribution < -0.4 is 10.1 Å². The van der Waals surface area contributed by atoms with Gasteiger partial charge >= 0.3 is 0 Å². The smallest absolute Gasteiger partial charge is 0.280 e. The molecule has 7 nitrogen and oxygen atoms in total. The number of imidazole rings is 1. The van der Waals surface area contributed by atoms with Gasteiger partial charge in [-0.15, -0.1) is 0 Å². The molecule has 4 rings (SSSR count). The van der Waals surface area contributed by atoms with Crippen molar-refractivity contribution in [1.82, 2.24) is 14.4 Å². The summed E-state index contributed by atoms with van der Waals surface area (Å²) in [4.78, 5) is 20.7. The van der Waals surface area contributed by atoms with Crippen LogP contribution in [0.5, 0.6) is 5.75 Å². The number of fused-ring (bicyclic) bond motifs is 1. The second-order valence-corrected chi connectivity index (χ2v) is 6.82. The third kappa shape index (κ3) is 3.49. The number of hydrogen-bond donors (Lipinski definition) is 1. The van der Waals surface area contributed by atoms with Gasteiger partial charge in [-0.3, -0.25) is 4.79 Å². The molecule has 2 atom stereocenters. The fourth-order valence-corrected chi connectivity index (χ4v) is 3.39. The molecule has 0 aliphatic heterocycles. The third-order valence-corrected chi connectivity index (χ3v) is 5.06. The zero-order valence-electron chi connectivity index (χ0n) is 15.5. The molecule has 9 heteroatoms. The lowest BCUT2D eigenvalue weighted by molar-refractivity contribution is 0.102. The summed E-state index contributed by atoms with van der Waals surface area (Å²) in [5.41, 5.74) is 1.20. The minimum absolute atomic E-state index is 0.0433. The number of alkyl halides is 2. The summed E-state index contributed by atoms with van der Waals surface area (Å²) in [6, 6.07) is 7.79. The van der Waals surface area contributed by atoms with Gasteiger partial charge in [0.25, 0.3) is 12.3 Å². The standard InChI is InChI=1S/C20H17F2N5O2/c1-29-17-7-12(24-20(28)15-4-2-3-14(25-15)18(21)22)9-27-10-16(26-19(17)27)13-6-5-11(13)8-23/h2-4,7,9-11,13,18H,5-6H2,1H3,(H,24,28)/t11-,13+/m1/s1. The molecule has 0 saturated heterocycles. The van der Waals surface area contributed by atoms with Crippen molar-refractivity contribution >= 4 is 17.2 Å². The zero-order valence-corrected chi connectivity index (χ0v) is 15.5. The number of anilines is 1. The first kappa shape index (κ1) is 18.8. The fraction of sp³-hybridized carbons (Fsp3) is 0.300. The number of halogens is 2. The van der Waals surface area contributed by atoms with Crippen LogP contribution in [0.3, 0.4) is 0 Å². The van der Waals surface area contributed by atoms with E-state index in [0.29, 0.717) is 17.1 Å². The van der Waals surface area contributed by atoms with Gasteiger partial charge in [0.1, 0.15) is 11.4 Å². The van der Waals surface area contributed by atoms with E-state index in [1.165, 1.54) is 25.3 Å². The molecular formula is C20H17F2N5O2. The number of nitrogens with one attached hydrogen (secondary N) is 1. The number of methoxy groups -OCH3 is 1. The highest BCUT2D eigenvalue weighted by atomic mass is 19.3. The van der Waals surface area contributed by atoms with Crippen molar-refractivity contribution in [3.63, 3.8) is 0 Å². The van der Waals surface area contributed by atoms with Crippen LogP contribution in [0, 0.1) is 17.2 Å². The molecule has 1 N–H and O–H groups in total. The number of ether oxygens (including phenoxy) is 1. The number of aromatic nitrogens is 3. The zero-order chi connectivity index (χ0) is 20.5. The van der Waals surface area contributed by atoms with Crippen molar-refractivity contribution in [2.24, 2.45) is 5.92 Å². The van der Waals surface area contributed by atoms with Gasteiger partial charge in [0.15, 0.2) is 11.4 Å². The predicted octanol–water partition coefficient (Wildman–Crippen LogP) is 3.94. The van der Waals surface area contributed by atoms with E-state index in [-0.39, 0.29) is 17.5 Å². The van der Waals surface area contributed by atoms with Gasteiger partial charge in [-0.1, -0.05) is 6.07 Å². The topological polar surface area (TPSA) is 92.3 Å². The van der Waals surface area contributed by atoms with Crippen molar-refractivity contribution < 1.29 is 18.3 Å². The van der Waals surface area contributed by atoms with E-state index in [0.717, 1.165) is 18.5 Å². The molecule has 1 saturated carbocycles. The van der Waals surface area contributed by atoms with Crippen LogP contribution in [0.2, 0.25) is 0 Å². The van der Waals surface area contributed by atoms with Gasteiger partial charge in [0.2, 0.25) is 0 Å². The lowest BCUT2D eigenvalue weighted by Crippen LogP contribution is -2.22. The van der Waals surface area contributed by atoms with Crippen LogP contribution in [0.1, 0.15) is 47.1 Å². The molecule has 1 amide bonds. The second kappa shape index (κ2) is 7.47. The molecule has 3 heterocycles. The Balaban J connectivity index is 1.63. The van der Waals surface area contributed by atoms with E-state index < -0.39 is 18.0 Å². The van der Waals surface area contributed by atoms with Crippen molar-refractivity contribution in [2.75, 3.05) is 12.4 Å². The van der Waals surface area contributed by atoms with Gasteiger partial charge < -0.3 is 14.5 Å². The second-order valence-electron chi connectivity index (χ2n) is 6.82. The van der Waals surface area contributed by atoms with E-state index >= 15 is 0 Å². The van der Waals surface area contributed by atoms with Crippen molar-refractivity contribution in [1.29, 1.82) is 5.26 Å². The summed E-state index contributed by atoms with van der Waals surface area (Å²) >= 11 is 0. The summed E-state index contributed by atoms with van der Waals surface area (Å²) in [6.07, 6.45) is 2.48. The van der Waals surface area contributed by atoms with E-state index in [1.54, 1.807) is 16.7 Å². The van der Waals surface area contributed by atoms with Crippen molar-refractivity contribution in [2.45, 2.75) is 25.2 Å². The molecule has 148 valence electrons. The molecule has 0 aromatic carbocycles. The Morgan fingerprint density at radius 3 is 2.83 bits per heavy atom. The molecule has 0 radical (unpaired) electrons. The number of amides is 1. The van der Waals surface area contributed by atoms with E-state index in [4.69, 9.17) is 4.74 Å². The number of pyridine rings is 2. The summed E-state index contributed by atoms with van der Waals surface area (Å²) in [5, 5.41) is 11.8. The van der Waals surface area contributed by atoms with E-state index in [1.807, 2.05) is 6.20 Å². The minimum Gasteiger partial charge on any atom is -0.493 e. The molecular weight excluding hydrogens is 380 g/mol. The molecule has 1 fully saturated rings. The number of carbonyl (C=O) groups is 1. The molecule has 0 spiro atoms. The Hall–Kier alpha value is -3.54. The number of nitriles is 1. The van der Waals surface area contributed by atoms with Gasteiger partial charge in [0, 0.05) is 24.4 Å². The quantitative estimate of drug-likeness (QED) is 0.704. The maximum absolute atomic E-state index is 12.8. The fourth-order valence-electron chi connectivity index (χ4n) is 3.39. The maximum Gasteiger partial charge on any atom is 0.280 e. The molecule has 0 bridgehead atoms. The average molecular weight is 397 g/mol. The molecule has 29 heavy (non-hydrogen) atoms. The van der Waals surface area contributed by atoms with Gasteiger partial charge in [-0.2, -0.15) is 5.26 Å². The monoisotopic (exact) mass is 397 g/mol. The first-order valence-electron chi connectivity index (χ1n) is 9.03. The van der Waals surface area contributed by atoms with Crippen molar-refractivity contribution in [3.8, 4) is 11.8 Å². The molecule has 3 aromatic heterocycles. The Morgan fingerprint density at radius 1 is 1.34 bits per heavy atom. The highest BCUT2D eigenvalue weighted by molar-refractivity contribution is 6.03. The van der Waals surface area contributed by atoms with Gasteiger partial charge in [0.05, 0.1) is 30.5 Å². The lowest BCUT2D eigenvalue weighted by Gasteiger charge is -2.29. The normalized spacial score (nSPS) is 18.3. The summed E-state index contributed by atoms with van der Waals surface area (Å²) in [7, 11) is 1.49. The number of hydrogen-bond acceptors (Lipinski definition) is 5. The largest absolute Gasteiger partial charge is 0.493 e. The predicted molar refractivity (Wildman–Crippen MR) is 100.0 cm³/mol.